The summed E-state index contributed by atoms with van der Waals surface area (Å²) in [7, 11) is 0. The van der Waals surface area contributed by atoms with Gasteiger partial charge in [0.25, 0.3) is 5.91 Å². The molecule has 5 nitrogen and oxygen atoms in total. The maximum Gasteiger partial charge on any atom is 0.257 e. The first kappa shape index (κ1) is 19.1. The Hall–Kier alpha value is -2.66. The minimum atomic E-state index is -0.239. The van der Waals surface area contributed by atoms with Gasteiger partial charge >= 0.3 is 0 Å². The average molecular weight is 365 g/mol. The Morgan fingerprint density at radius 1 is 0.926 bits per heavy atom. The molecule has 142 valence electrons. The van der Waals surface area contributed by atoms with Crippen molar-refractivity contribution in [3.8, 4) is 0 Å². The van der Waals surface area contributed by atoms with Crippen LogP contribution in [0, 0.1) is 11.8 Å². The first-order chi connectivity index (χ1) is 13.0. The van der Waals surface area contributed by atoms with Crippen molar-refractivity contribution in [3.63, 3.8) is 0 Å². The SMILES string of the molecule is C[C@@H]1C[C@@H](C)CN(CC(=O)Nc2ccccc2C(=O)Nc2ccccc2)C1. The summed E-state index contributed by atoms with van der Waals surface area (Å²) in [5.74, 6) is 0.879. The Morgan fingerprint density at radius 2 is 1.56 bits per heavy atom. The van der Waals surface area contributed by atoms with Gasteiger partial charge in [0.15, 0.2) is 0 Å². The number of para-hydroxylation sites is 2. The third kappa shape index (κ3) is 5.41. The Morgan fingerprint density at radius 3 is 2.26 bits per heavy atom. The number of carbonyl (C=O) groups is 2. The molecule has 2 atom stereocenters. The average Bonchev–Trinajstić information content (AvgIpc) is 2.62. The molecule has 0 aliphatic carbocycles. The molecule has 1 saturated heterocycles. The molecule has 1 aliphatic rings. The van der Waals surface area contributed by atoms with Crippen LogP contribution in [0.1, 0.15) is 30.6 Å². The molecule has 0 aromatic heterocycles. The van der Waals surface area contributed by atoms with Gasteiger partial charge in [-0.05, 0) is 42.5 Å². The number of hydrogen-bond acceptors (Lipinski definition) is 3. The summed E-state index contributed by atoms with van der Waals surface area (Å²) in [5.41, 5.74) is 1.71. The molecule has 0 spiro atoms. The van der Waals surface area contributed by atoms with Crippen LogP contribution in [0.3, 0.4) is 0 Å². The van der Waals surface area contributed by atoms with E-state index in [1.807, 2.05) is 36.4 Å². The number of benzene rings is 2. The van der Waals surface area contributed by atoms with Crippen molar-refractivity contribution in [3.05, 3.63) is 60.2 Å². The molecule has 1 aliphatic heterocycles. The highest BCUT2D eigenvalue weighted by atomic mass is 16.2. The van der Waals surface area contributed by atoms with E-state index in [2.05, 4.69) is 29.4 Å². The smallest absolute Gasteiger partial charge is 0.257 e. The summed E-state index contributed by atoms with van der Waals surface area (Å²) < 4.78 is 0. The molecule has 0 unspecified atom stereocenters. The molecular formula is C22H27N3O2. The molecule has 1 fully saturated rings. The lowest BCUT2D eigenvalue weighted by molar-refractivity contribution is -0.117. The van der Waals surface area contributed by atoms with Crippen molar-refractivity contribution in [1.82, 2.24) is 4.90 Å². The van der Waals surface area contributed by atoms with Crippen LogP contribution in [0.25, 0.3) is 0 Å². The van der Waals surface area contributed by atoms with Gasteiger partial charge in [0.05, 0.1) is 17.8 Å². The van der Waals surface area contributed by atoms with Gasteiger partial charge in [-0.2, -0.15) is 0 Å². The molecule has 27 heavy (non-hydrogen) atoms. The Labute approximate surface area is 160 Å². The van der Waals surface area contributed by atoms with Crippen molar-refractivity contribution in [1.29, 1.82) is 0 Å². The fourth-order valence-corrected chi connectivity index (χ4v) is 3.82. The zero-order valence-electron chi connectivity index (χ0n) is 15.9. The van der Waals surface area contributed by atoms with Crippen LogP contribution in [0.15, 0.2) is 54.6 Å². The molecule has 2 aromatic rings. The van der Waals surface area contributed by atoms with Gasteiger partial charge in [-0.15, -0.1) is 0 Å². The fraction of sp³-hybridized carbons (Fsp3) is 0.364. The number of anilines is 2. The van der Waals surface area contributed by atoms with Crippen molar-refractivity contribution < 1.29 is 9.59 Å². The third-order valence-corrected chi connectivity index (χ3v) is 4.79. The lowest BCUT2D eigenvalue weighted by Crippen LogP contribution is -2.43. The maximum absolute atomic E-state index is 12.6. The largest absolute Gasteiger partial charge is 0.324 e. The highest BCUT2D eigenvalue weighted by Gasteiger charge is 2.23. The molecule has 0 radical (unpaired) electrons. The van der Waals surface area contributed by atoms with E-state index in [0.717, 1.165) is 18.8 Å². The number of nitrogens with zero attached hydrogens (tertiary/aromatic N) is 1. The van der Waals surface area contributed by atoms with Crippen molar-refractivity contribution in [2.75, 3.05) is 30.3 Å². The number of nitrogens with one attached hydrogen (secondary N) is 2. The summed E-state index contributed by atoms with van der Waals surface area (Å²) in [5, 5.41) is 5.78. The quantitative estimate of drug-likeness (QED) is 0.846. The molecule has 3 rings (SSSR count). The molecule has 0 bridgehead atoms. The number of hydrogen-bond donors (Lipinski definition) is 2. The van der Waals surface area contributed by atoms with Crippen molar-refractivity contribution >= 4 is 23.2 Å². The highest BCUT2D eigenvalue weighted by molar-refractivity contribution is 6.10. The molecule has 0 saturated carbocycles. The number of rotatable bonds is 5. The zero-order chi connectivity index (χ0) is 19.2. The molecule has 1 heterocycles. The van der Waals surface area contributed by atoms with Gasteiger partial charge in [-0.25, -0.2) is 0 Å². The minimum Gasteiger partial charge on any atom is -0.324 e. The van der Waals surface area contributed by atoms with Crippen LogP contribution >= 0.6 is 0 Å². The van der Waals surface area contributed by atoms with E-state index in [4.69, 9.17) is 0 Å². The summed E-state index contributed by atoms with van der Waals surface area (Å²) in [4.78, 5) is 27.4. The molecule has 2 amide bonds. The standard InChI is InChI=1S/C22H27N3O2/c1-16-12-17(2)14-25(13-16)15-21(26)24-20-11-7-6-10-19(20)22(27)23-18-8-4-3-5-9-18/h3-11,16-17H,12-15H2,1-2H3,(H,23,27)(H,24,26)/t16-,17-/m1/s1. The van der Waals surface area contributed by atoms with E-state index < -0.39 is 0 Å². The summed E-state index contributed by atoms with van der Waals surface area (Å²) in [6.45, 7) is 6.68. The van der Waals surface area contributed by atoms with Gasteiger partial charge in [-0.3, -0.25) is 14.5 Å². The maximum atomic E-state index is 12.6. The van der Waals surface area contributed by atoms with Crippen LogP contribution in [0.5, 0.6) is 0 Å². The van der Waals surface area contributed by atoms with Gasteiger partial charge < -0.3 is 10.6 Å². The van der Waals surface area contributed by atoms with Crippen LogP contribution in [0.2, 0.25) is 0 Å². The second-order valence-electron chi connectivity index (χ2n) is 7.55. The normalized spacial score (nSPS) is 20.1. The minimum absolute atomic E-state index is 0.0868. The van der Waals surface area contributed by atoms with Gasteiger partial charge in [-0.1, -0.05) is 44.2 Å². The monoisotopic (exact) mass is 365 g/mol. The number of likely N-dealkylation sites (tertiary alicyclic amines) is 1. The van der Waals surface area contributed by atoms with Gasteiger partial charge in [0, 0.05) is 18.8 Å². The van der Waals surface area contributed by atoms with E-state index in [0.29, 0.717) is 29.6 Å². The van der Waals surface area contributed by atoms with Crippen LogP contribution < -0.4 is 10.6 Å². The molecule has 2 aromatic carbocycles. The summed E-state index contributed by atoms with van der Waals surface area (Å²) >= 11 is 0. The number of piperidine rings is 1. The van der Waals surface area contributed by atoms with E-state index in [-0.39, 0.29) is 11.8 Å². The van der Waals surface area contributed by atoms with Crippen molar-refractivity contribution in [2.24, 2.45) is 11.8 Å². The predicted octanol–water partition coefficient (Wildman–Crippen LogP) is 3.86. The third-order valence-electron chi connectivity index (χ3n) is 4.79. The lowest BCUT2D eigenvalue weighted by atomic mass is 9.92. The molecular weight excluding hydrogens is 338 g/mol. The Bertz CT molecular complexity index is 781. The van der Waals surface area contributed by atoms with Crippen molar-refractivity contribution in [2.45, 2.75) is 20.3 Å². The van der Waals surface area contributed by atoms with E-state index in [1.165, 1.54) is 6.42 Å². The van der Waals surface area contributed by atoms with Gasteiger partial charge in [0.2, 0.25) is 5.91 Å². The molecule has 2 N–H and O–H groups in total. The summed E-state index contributed by atoms with van der Waals surface area (Å²) in [6.07, 6.45) is 1.21. The highest BCUT2D eigenvalue weighted by Crippen LogP contribution is 2.21. The number of carbonyl (C=O) groups excluding carboxylic acids is 2. The second-order valence-corrected chi connectivity index (χ2v) is 7.55. The van der Waals surface area contributed by atoms with Crippen LogP contribution in [0.4, 0.5) is 11.4 Å². The van der Waals surface area contributed by atoms with E-state index >= 15 is 0 Å². The molecule has 5 heteroatoms. The predicted molar refractivity (Wildman–Crippen MR) is 109 cm³/mol. The number of amides is 2. The first-order valence-corrected chi connectivity index (χ1v) is 9.49. The van der Waals surface area contributed by atoms with E-state index in [1.54, 1.807) is 18.2 Å². The Kier molecular flexibility index (Phi) is 6.24. The van der Waals surface area contributed by atoms with E-state index in [9.17, 15) is 9.59 Å². The summed E-state index contributed by atoms with van der Waals surface area (Å²) in [6, 6.07) is 16.4. The Balaban J connectivity index is 1.65. The second kappa shape index (κ2) is 8.82. The van der Waals surface area contributed by atoms with Crippen LogP contribution in [-0.2, 0) is 4.79 Å². The zero-order valence-corrected chi connectivity index (χ0v) is 15.9. The van der Waals surface area contributed by atoms with Gasteiger partial charge in [0.1, 0.15) is 0 Å². The van der Waals surface area contributed by atoms with Crippen LogP contribution in [-0.4, -0.2) is 36.3 Å². The fourth-order valence-electron chi connectivity index (χ4n) is 3.82. The topological polar surface area (TPSA) is 61.4 Å². The lowest BCUT2D eigenvalue weighted by Gasteiger charge is -2.34. The first-order valence-electron chi connectivity index (χ1n) is 9.49.